The summed E-state index contributed by atoms with van der Waals surface area (Å²) in [6.07, 6.45) is -3.30. The van der Waals surface area contributed by atoms with E-state index in [2.05, 4.69) is 26.2 Å². The van der Waals surface area contributed by atoms with Crippen molar-refractivity contribution in [2.24, 2.45) is 0 Å². The molecular weight excluding hydrogens is 527 g/mol. The zero-order chi connectivity index (χ0) is 25.3. The molecular formula is C25H17BrF3N3O3. The summed E-state index contributed by atoms with van der Waals surface area (Å²) in [6.45, 7) is 1.32. The third kappa shape index (κ3) is 5.32. The second-order valence-electron chi connectivity index (χ2n) is 7.79. The van der Waals surface area contributed by atoms with Gasteiger partial charge in [-0.1, -0.05) is 22.0 Å². The molecule has 0 aliphatic carbocycles. The summed E-state index contributed by atoms with van der Waals surface area (Å²) in [5, 5.41) is 2.57. The Labute approximate surface area is 205 Å². The van der Waals surface area contributed by atoms with E-state index < -0.39 is 28.9 Å². The molecule has 0 aliphatic rings. The van der Waals surface area contributed by atoms with Gasteiger partial charge in [-0.15, -0.1) is 0 Å². The normalized spacial score (nSPS) is 11.5. The first-order valence-corrected chi connectivity index (χ1v) is 11.1. The Balaban J connectivity index is 1.72. The number of ketones is 1. The van der Waals surface area contributed by atoms with Crippen LogP contribution in [0.1, 0.15) is 27.2 Å². The number of fused-ring (bicyclic) bond motifs is 1. The van der Waals surface area contributed by atoms with Gasteiger partial charge < -0.3 is 9.88 Å². The highest BCUT2D eigenvalue weighted by atomic mass is 79.9. The van der Waals surface area contributed by atoms with E-state index in [0.29, 0.717) is 5.69 Å². The van der Waals surface area contributed by atoms with E-state index in [1.807, 2.05) is 0 Å². The van der Waals surface area contributed by atoms with Crippen LogP contribution < -0.4 is 10.7 Å². The number of alkyl halides is 3. The minimum Gasteiger partial charge on any atom is -0.325 e. The molecule has 0 saturated heterocycles. The Morgan fingerprint density at radius 3 is 2.46 bits per heavy atom. The van der Waals surface area contributed by atoms with Gasteiger partial charge in [0.1, 0.15) is 12.2 Å². The van der Waals surface area contributed by atoms with Gasteiger partial charge in [0.05, 0.1) is 16.5 Å². The van der Waals surface area contributed by atoms with Gasteiger partial charge in [-0.2, -0.15) is 13.2 Å². The average Bonchev–Trinajstić information content (AvgIpc) is 2.80. The number of hydrogen-bond acceptors (Lipinski definition) is 4. The number of halogens is 4. The Morgan fingerprint density at radius 1 is 1.06 bits per heavy atom. The summed E-state index contributed by atoms with van der Waals surface area (Å²) in [5.74, 6) is -1.18. The van der Waals surface area contributed by atoms with Crippen molar-refractivity contribution in [1.82, 2.24) is 9.55 Å². The van der Waals surface area contributed by atoms with Crippen LogP contribution >= 0.6 is 15.9 Å². The van der Waals surface area contributed by atoms with Crippen molar-refractivity contribution in [3.63, 3.8) is 0 Å². The van der Waals surface area contributed by atoms with Crippen LogP contribution in [-0.4, -0.2) is 21.2 Å². The standard InChI is InChI=1S/C25H17BrF3N3O3/c1-14-5-10-19-23(35)20(22(34)15-6-8-17(26)9-7-15)12-32(24(19)30-14)13-21(33)31-18-4-2-3-16(11-18)25(27,28)29/h2-12H,13H2,1H3,(H,31,33). The molecule has 0 bridgehead atoms. The van der Waals surface area contributed by atoms with Crippen LogP contribution in [0.3, 0.4) is 0 Å². The number of pyridine rings is 2. The van der Waals surface area contributed by atoms with Crippen LogP contribution in [0.25, 0.3) is 11.0 Å². The minimum absolute atomic E-state index is 0.0366. The number of benzene rings is 2. The zero-order valence-electron chi connectivity index (χ0n) is 18.2. The lowest BCUT2D eigenvalue weighted by Gasteiger charge is -2.14. The van der Waals surface area contributed by atoms with E-state index in [-0.39, 0.29) is 34.4 Å². The number of anilines is 1. The number of carbonyl (C=O) groups excluding carboxylic acids is 2. The van der Waals surface area contributed by atoms with Crippen molar-refractivity contribution < 1.29 is 22.8 Å². The zero-order valence-corrected chi connectivity index (χ0v) is 19.8. The van der Waals surface area contributed by atoms with Crippen molar-refractivity contribution >= 4 is 44.3 Å². The summed E-state index contributed by atoms with van der Waals surface area (Å²) in [7, 11) is 0. The predicted molar refractivity (Wildman–Crippen MR) is 128 cm³/mol. The number of carbonyl (C=O) groups is 2. The molecule has 6 nitrogen and oxygen atoms in total. The molecule has 4 rings (SSSR count). The second-order valence-corrected chi connectivity index (χ2v) is 8.70. The Hall–Kier alpha value is -3.79. The number of aryl methyl sites for hydroxylation is 1. The molecule has 2 heterocycles. The molecule has 178 valence electrons. The highest BCUT2D eigenvalue weighted by Crippen LogP contribution is 2.30. The lowest BCUT2D eigenvalue weighted by atomic mass is 10.0. The fourth-order valence-corrected chi connectivity index (χ4v) is 3.79. The van der Waals surface area contributed by atoms with Crippen molar-refractivity contribution in [3.05, 3.63) is 104 Å². The number of aromatic nitrogens is 2. The molecule has 10 heteroatoms. The number of nitrogens with one attached hydrogen (secondary N) is 1. The SMILES string of the molecule is Cc1ccc2c(=O)c(C(=O)c3ccc(Br)cc3)cn(CC(=O)Nc3cccc(C(F)(F)F)c3)c2n1. The molecule has 4 aromatic rings. The molecule has 0 unspecified atom stereocenters. The lowest BCUT2D eigenvalue weighted by Crippen LogP contribution is -2.25. The van der Waals surface area contributed by atoms with Gasteiger partial charge in [-0.05, 0) is 61.5 Å². The Bertz CT molecular complexity index is 1510. The van der Waals surface area contributed by atoms with Gasteiger partial charge in [0.15, 0.2) is 5.78 Å². The maximum atomic E-state index is 13.1. The molecule has 35 heavy (non-hydrogen) atoms. The van der Waals surface area contributed by atoms with Crippen LogP contribution in [0.4, 0.5) is 18.9 Å². The lowest BCUT2D eigenvalue weighted by molar-refractivity contribution is -0.137. The van der Waals surface area contributed by atoms with E-state index in [1.165, 1.54) is 29.0 Å². The maximum absolute atomic E-state index is 13.1. The van der Waals surface area contributed by atoms with Gasteiger partial charge in [-0.3, -0.25) is 14.4 Å². The summed E-state index contributed by atoms with van der Waals surface area (Å²) >= 11 is 3.29. The highest BCUT2D eigenvalue weighted by Gasteiger charge is 2.30. The number of rotatable bonds is 5. The van der Waals surface area contributed by atoms with E-state index in [9.17, 15) is 27.6 Å². The predicted octanol–water partition coefficient (Wildman–Crippen LogP) is 5.36. The van der Waals surface area contributed by atoms with Gasteiger partial charge in [-0.25, -0.2) is 4.98 Å². The molecule has 0 fully saturated rings. The smallest absolute Gasteiger partial charge is 0.325 e. The summed E-state index contributed by atoms with van der Waals surface area (Å²) in [6, 6.07) is 13.9. The van der Waals surface area contributed by atoms with Gasteiger partial charge in [0.25, 0.3) is 0 Å². The Kier molecular flexibility index (Phi) is 6.58. The first kappa shape index (κ1) is 24.3. The largest absolute Gasteiger partial charge is 0.416 e. The third-order valence-corrected chi connectivity index (χ3v) is 5.73. The van der Waals surface area contributed by atoms with Crippen LogP contribution in [0.2, 0.25) is 0 Å². The molecule has 0 atom stereocenters. The number of nitrogens with zero attached hydrogens (tertiary/aromatic N) is 2. The van der Waals surface area contributed by atoms with Crippen molar-refractivity contribution in [2.75, 3.05) is 5.32 Å². The van der Waals surface area contributed by atoms with Gasteiger partial charge >= 0.3 is 6.18 Å². The van der Waals surface area contributed by atoms with Crippen LogP contribution in [0.15, 0.2) is 76.1 Å². The third-order valence-electron chi connectivity index (χ3n) is 5.20. The van der Waals surface area contributed by atoms with Crippen molar-refractivity contribution in [1.29, 1.82) is 0 Å². The van der Waals surface area contributed by atoms with Gasteiger partial charge in [0, 0.05) is 27.6 Å². The molecule has 0 spiro atoms. The van der Waals surface area contributed by atoms with Crippen LogP contribution in [0, 0.1) is 6.92 Å². The first-order valence-electron chi connectivity index (χ1n) is 10.3. The minimum atomic E-state index is -4.56. The summed E-state index contributed by atoms with van der Waals surface area (Å²) in [4.78, 5) is 43.3. The molecule has 0 aliphatic heterocycles. The molecule has 0 saturated carbocycles. The Morgan fingerprint density at radius 2 is 1.77 bits per heavy atom. The van der Waals surface area contributed by atoms with Crippen LogP contribution in [0.5, 0.6) is 0 Å². The van der Waals surface area contributed by atoms with Gasteiger partial charge in [0.2, 0.25) is 11.3 Å². The monoisotopic (exact) mass is 543 g/mol. The molecule has 2 aromatic heterocycles. The molecule has 0 radical (unpaired) electrons. The fraction of sp³-hybridized carbons (Fsp3) is 0.120. The van der Waals surface area contributed by atoms with E-state index >= 15 is 0 Å². The number of amides is 1. The van der Waals surface area contributed by atoms with E-state index in [1.54, 1.807) is 37.3 Å². The molecule has 1 N–H and O–H groups in total. The van der Waals surface area contributed by atoms with Crippen LogP contribution in [-0.2, 0) is 17.5 Å². The summed E-state index contributed by atoms with van der Waals surface area (Å²) in [5.41, 5.74) is -0.580. The van der Waals surface area contributed by atoms with Crippen molar-refractivity contribution in [3.8, 4) is 0 Å². The number of hydrogen-bond donors (Lipinski definition) is 1. The average molecular weight is 544 g/mol. The summed E-state index contributed by atoms with van der Waals surface area (Å²) < 4.78 is 41.1. The quantitative estimate of drug-likeness (QED) is 0.344. The first-order chi connectivity index (χ1) is 16.5. The molecule has 1 amide bonds. The topological polar surface area (TPSA) is 81.1 Å². The van der Waals surface area contributed by atoms with E-state index in [0.717, 1.165) is 16.6 Å². The molecule has 2 aromatic carbocycles. The maximum Gasteiger partial charge on any atom is 0.416 e. The highest BCUT2D eigenvalue weighted by molar-refractivity contribution is 9.10. The van der Waals surface area contributed by atoms with E-state index in [4.69, 9.17) is 0 Å². The van der Waals surface area contributed by atoms with Crippen molar-refractivity contribution in [2.45, 2.75) is 19.6 Å². The second kappa shape index (κ2) is 9.46. The fourth-order valence-electron chi connectivity index (χ4n) is 3.53.